The molecule has 3 rings (SSSR count). The van der Waals surface area contributed by atoms with Gasteiger partial charge in [0.1, 0.15) is 6.10 Å². The van der Waals surface area contributed by atoms with E-state index in [9.17, 15) is 4.79 Å². The number of carbonyl (C=O) groups is 1. The second kappa shape index (κ2) is 6.22. The van der Waals surface area contributed by atoms with Crippen LogP contribution in [-0.4, -0.2) is 37.5 Å². The quantitative estimate of drug-likeness (QED) is 0.882. The molecule has 0 radical (unpaired) electrons. The lowest BCUT2D eigenvalue weighted by Gasteiger charge is -2.32. The SMILES string of the molecule is O=C(Nc1ccc(Cl)cc1)OC1COC2(CCNCC2)C1. The van der Waals surface area contributed by atoms with Crippen LogP contribution in [0, 0.1) is 0 Å². The lowest BCUT2D eigenvalue weighted by Crippen LogP contribution is -2.41. The maximum absolute atomic E-state index is 11.9. The molecule has 5 nitrogen and oxygen atoms in total. The lowest BCUT2D eigenvalue weighted by atomic mass is 9.89. The van der Waals surface area contributed by atoms with Crippen molar-refractivity contribution in [3.8, 4) is 0 Å². The van der Waals surface area contributed by atoms with Gasteiger partial charge in [-0.3, -0.25) is 5.32 Å². The summed E-state index contributed by atoms with van der Waals surface area (Å²) >= 11 is 5.80. The highest BCUT2D eigenvalue weighted by Crippen LogP contribution is 2.35. The van der Waals surface area contributed by atoms with E-state index in [2.05, 4.69) is 10.6 Å². The van der Waals surface area contributed by atoms with Crippen LogP contribution < -0.4 is 10.6 Å². The van der Waals surface area contributed by atoms with Crippen LogP contribution in [0.25, 0.3) is 0 Å². The van der Waals surface area contributed by atoms with Gasteiger partial charge >= 0.3 is 6.09 Å². The van der Waals surface area contributed by atoms with Crippen molar-refractivity contribution >= 4 is 23.4 Å². The van der Waals surface area contributed by atoms with Gasteiger partial charge in [-0.2, -0.15) is 0 Å². The van der Waals surface area contributed by atoms with Gasteiger partial charge in [0.25, 0.3) is 0 Å². The van der Waals surface area contributed by atoms with E-state index >= 15 is 0 Å². The summed E-state index contributed by atoms with van der Waals surface area (Å²) in [6, 6.07) is 6.92. The number of amides is 1. The minimum absolute atomic E-state index is 0.101. The average Bonchev–Trinajstić information content (AvgIpc) is 2.84. The number of piperidine rings is 1. The summed E-state index contributed by atoms with van der Waals surface area (Å²) in [6.07, 6.45) is 2.12. The fourth-order valence-electron chi connectivity index (χ4n) is 2.94. The van der Waals surface area contributed by atoms with Crippen molar-refractivity contribution in [3.05, 3.63) is 29.3 Å². The van der Waals surface area contributed by atoms with Crippen LogP contribution in [0.2, 0.25) is 5.02 Å². The highest BCUT2D eigenvalue weighted by atomic mass is 35.5. The van der Waals surface area contributed by atoms with Gasteiger partial charge in [-0.1, -0.05) is 11.6 Å². The molecule has 0 saturated carbocycles. The molecule has 0 aromatic heterocycles. The molecule has 1 unspecified atom stereocenters. The molecule has 1 spiro atoms. The number of hydrogen-bond acceptors (Lipinski definition) is 4. The van der Waals surface area contributed by atoms with Gasteiger partial charge in [0.05, 0.1) is 12.2 Å². The predicted molar refractivity (Wildman–Crippen MR) is 80.7 cm³/mol. The third-order valence-electron chi connectivity index (χ3n) is 4.05. The van der Waals surface area contributed by atoms with E-state index in [1.54, 1.807) is 24.3 Å². The third kappa shape index (κ3) is 3.67. The number of ether oxygens (including phenoxy) is 2. The van der Waals surface area contributed by atoms with E-state index in [0.29, 0.717) is 17.3 Å². The van der Waals surface area contributed by atoms with Gasteiger partial charge in [-0.25, -0.2) is 4.79 Å². The fourth-order valence-corrected chi connectivity index (χ4v) is 3.07. The number of hydrogen-bond donors (Lipinski definition) is 2. The van der Waals surface area contributed by atoms with Crippen molar-refractivity contribution in [2.45, 2.75) is 31.0 Å². The minimum atomic E-state index is -0.447. The molecule has 1 atom stereocenters. The van der Waals surface area contributed by atoms with Crippen LogP contribution >= 0.6 is 11.6 Å². The molecule has 2 N–H and O–H groups in total. The Morgan fingerprint density at radius 2 is 2.05 bits per heavy atom. The zero-order valence-electron chi connectivity index (χ0n) is 11.7. The molecule has 0 aliphatic carbocycles. The standard InChI is InChI=1S/C15H19ClN2O3/c16-11-1-3-12(4-2-11)18-14(19)21-13-9-15(20-10-13)5-7-17-8-6-15/h1-4,13,17H,5-10H2,(H,18,19). The molecule has 1 aromatic carbocycles. The Bertz CT molecular complexity index is 500. The van der Waals surface area contributed by atoms with Crippen LogP contribution in [0.5, 0.6) is 0 Å². The zero-order chi connectivity index (χ0) is 14.7. The van der Waals surface area contributed by atoms with Gasteiger partial charge in [0, 0.05) is 17.1 Å². The van der Waals surface area contributed by atoms with Crippen molar-refractivity contribution in [2.24, 2.45) is 0 Å². The van der Waals surface area contributed by atoms with E-state index < -0.39 is 6.09 Å². The largest absolute Gasteiger partial charge is 0.443 e. The molecule has 2 fully saturated rings. The number of rotatable bonds is 2. The topological polar surface area (TPSA) is 59.6 Å². The van der Waals surface area contributed by atoms with Crippen molar-refractivity contribution < 1.29 is 14.3 Å². The second-order valence-corrected chi connectivity index (χ2v) is 6.04. The first-order valence-corrected chi connectivity index (χ1v) is 7.61. The molecule has 6 heteroatoms. The number of nitrogens with one attached hydrogen (secondary N) is 2. The first kappa shape index (κ1) is 14.6. The summed E-state index contributed by atoms with van der Waals surface area (Å²) < 4.78 is 11.3. The predicted octanol–water partition coefficient (Wildman–Crippen LogP) is 2.80. The van der Waals surface area contributed by atoms with Crippen LogP contribution in [0.1, 0.15) is 19.3 Å². The Morgan fingerprint density at radius 3 is 2.76 bits per heavy atom. The summed E-state index contributed by atoms with van der Waals surface area (Å²) in [5.74, 6) is 0. The summed E-state index contributed by atoms with van der Waals surface area (Å²) in [4.78, 5) is 11.9. The van der Waals surface area contributed by atoms with E-state index in [0.717, 1.165) is 32.4 Å². The maximum atomic E-state index is 11.9. The van der Waals surface area contributed by atoms with E-state index in [1.807, 2.05) is 0 Å². The zero-order valence-corrected chi connectivity index (χ0v) is 12.5. The summed E-state index contributed by atoms with van der Waals surface area (Å²) in [7, 11) is 0. The summed E-state index contributed by atoms with van der Waals surface area (Å²) in [6.45, 7) is 2.40. The minimum Gasteiger partial charge on any atom is -0.443 e. The van der Waals surface area contributed by atoms with Crippen molar-refractivity contribution in [2.75, 3.05) is 25.0 Å². The van der Waals surface area contributed by atoms with Gasteiger partial charge in [0.2, 0.25) is 0 Å². The lowest BCUT2D eigenvalue weighted by molar-refractivity contribution is -0.0211. The normalized spacial score (nSPS) is 24.0. The van der Waals surface area contributed by atoms with Gasteiger partial charge in [0.15, 0.2) is 0 Å². The van der Waals surface area contributed by atoms with Crippen molar-refractivity contribution in [1.29, 1.82) is 0 Å². The molecule has 1 aromatic rings. The van der Waals surface area contributed by atoms with Crippen molar-refractivity contribution in [3.63, 3.8) is 0 Å². The molecule has 0 bridgehead atoms. The summed E-state index contributed by atoms with van der Waals surface area (Å²) in [5.41, 5.74) is 0.566. The molecular formula is C15H19ClN2O3. The molecular weight excluding hydrogens is 292 g/mol. The van der Waals surface area contributed by atoms with E-state index in [4.69, 9.17) is 21.1 Å². The Kier molecular flexibility index (Phi) is 4.33. The number of benzene rings is 1. The van der Waals surface area contributed by atoms with E-state index in [1.165, 1.54) is 0 Å². The number of anilines is 1. The molecule has 2 saturated heterocycles. The van der Waals surface area contributed by atoms with Crippen LogP contribution in [0.15, 0.2) is 24.3 Å². The van der Waals surface area contributed by atoms with Gasteiger partial charge < -0.3 is 14.8 Å². The fraction of sp³-hybridized carbons (Fsp3) is 0.533. The van der Waals surface area contributed by atoms with Crippen molar-refractivity contribution in [1.82, 2.24) is 5.32 Å². The molecule has 2 aliphatic rings. The average molecular weight is 311 g/mol. The molecule has 1 amide bonds. The Morgan fingerprint density at radius 1 is 1.33 bits per heavy atom. The highest BCUT2D eigenvalue weighted by Gasteiger charge is 2.42. The van der Waals surface area contributed by atoms with Gasteiger partial charge in [-0.15, -0.1) is 0 Å². The van der Waals surface area contributed by atoms with Crippen LogP contribution in [-0.2, 0) is 9.47 Å². The Labute approximate surface area is 128 Å². The molecule has 2 aliphatic heterocycles. The Balaban J connectivity index is 1.50. The van der Waals surface area contributed by atoms with Gasteiger partial charge in [-0.05, 0) is 50.2 Å². The molecule has 114 valence electrons. The smallest absolute Gasteiger partial charge is 0.411 e. The first-order chi connectivity index (χ1) is 10.2. The second-order valence-electron chi connectivity index (χ2n) is 5.61. The molecule has 2 heterocycles. The number of halogens is 1. The van der Waals surface area contributed by atoms with Crippen LogP contribution in [0.4, 0.5) is 10.5 Å². The van der Waals surface area contributed by atoms with E-state index in [-0.39, 0.29) is 11.7 Å². The van der Waals surface area contributed by atoms with Crippen LogP contribution in [0.3, 0.4) is 0 Å². The number of carbonyl (C=O) groups excluding carboxylic acids is 1. The summed E-state index contributed by atoms with van der Waals surface area (Å²) in [5, 5.41) is 6.65. The highest BCUT2D eigenvalue weighted by molar-refractivity contribution is 6.30. The monoisotopic (exact) mass is 310 g/mol. The molecule has 21 heavy (non-hydrogen) atoms. The Hall–Kier alpha value is -1.30. The first-order valence-electron chi connectivity index (χ1n) is 7.23. The maximum Gasteiger partial charge on any atom is 0.411 e. The third-order valence-corrected chi connectivity index (χ3v) is 4.31.